The normalized spacial score (nSPS) is 17.1. The van der Waals surface area contributed by atoms with E-state index in [2.05, 4.69) is 4.74 Å². The van der Waals surface area contributed by atoms with Crippen molar-refractivity contribution in [3.05, 3.63) is 0 Å². The molecule has 3 unspecified atom stereocenters. The van der Waals surface area contributed by atoms with E-state index in [0.29, 0.717) is 6.29 Å². The van der Waals surface area contributed by atoms with Gasteiger partial charge in [-0.1, -0.05) is 6.92 Å². The van der Waals surface area contributed by atoms with Gasteiger partial charge in [0.2, 0.25) is 6.29 Å². The Bertz CT molecular complexity index is 201. The van der Waals surface area contributed by atoms with Gasteiger partial charge < -0.3 is 19.7 Å². The Hall–Kier alpha value is -1.27. The van der Waals surface area contributed by atoms with Crippen LogP contribution in [0, 0.1) is 5.92 Å². The summed E-state index contributed by atoms with van der Waals surface area (Å²) in [7, 11) is 0. The van der Waals surface area contributed by atoms with E-state index in [4.69, 9.17) is 10.2 Å². The largest absolute Gasteiger partial charge is 0.479 e. The maximum atomic E-state index is 10.4. The number of aliphatic hydroxyl groups is 1. The SMILES string of the molecule is CC(C=O)C(OC(O)C=O)C(=O)O. The number of aliphatic hydroxyl groups excluding tert-OH is 1. The predicted octanol–water partition coefficient (Wildman–Crippen LogP) is -1.19. The van der Waals surface area contributed by atoms with Gasteiger partial charge in [-0.25, -0.2) is 4.79 Å². The highest BCUT2D eigenvalue weighted by atomic mass is 16.6. The third-order valence-electron chi connectivity index (χ3n) is 1.34. The Morgan fingerprint density at radius 3 is 2.23 bits per heavy atom. The Morgan fingerprint density at radius 2 is 1.92 bits per heavy atom. The number of ether oxygens (including phenoxy) is 1. The second kappa shape index (κ2) is 5.39. The Balaban J connectivity index is 4.33. The first-order valence-corrected chi connectivity index (χ1v) is 3.49. The van der Waals surface area contributed by atoms with Crippen LogP contribution in [0.3, 0.4) is 0 Å². The molecule has 0 aromatic rings. The van der Waals surface area contributed by atoms with Crippen molar-refractivity contribution in [3.8, 4) is 0 Å². The van der Waals surface area contributed by atoms with Crippen molar-refractivity contribution in [1.29, 1.82) is 0 Å². The number of carbonyl (C=O) groups is 3. The lowest BCUT2D eigenvalue weighted by molar-refractivity contribution is -0.180. The molecule has 0 aromatic heterocycles. The van der Waals surface area contributed by atoms with E-state index in [9.17, 15) is 14.4 Å². The number of hydrogen-bond acceptors (Lipinski definition) is 5. The number of carboxylic acid groups (broad SMARTS) is 1. The zero-order chi connectivity index (χ0) is 10.4. The summed E-state index contributed by atoms with van der Waals surface area (Å²) in [5.74, 6) is -2.33. The molecule has 13 heavy (non-hydrogen) atoms. The molecule has 6 heteroatoms. The van der Waals surface area contributed by atoms with Crippen molar-refractivity contribution in [2.24, 2.45) is 5.92 Å². The molecule has 0 saturated carbocycles. The summed E-state index contributed by atoms with van der Waals surface area (Å²) in [5, 5.41) is 17.2. The van der Waals surface area contributed by atoms with Crippen LogP contribution in [0.4, 0.5) is 0 Å². The zero-order valence-corrected chi connectivity index (χ0v) is 6.91. The standard InChI is InChI=1S/C7H10O6/c1-4(2-8)6(7(11)12)13-5(10)3-9/h2-6,10H,1H3,(H,11,12). The molecule has 0 aliphatic carbocycles. The number of hydrogen-bond donors (Lipinski definition) is 2. The van der Waals surface area contributed by atoms with Crippen LogP contribution in [0.25, 0.3) is 0 Å². The lowest BCUT2D eigenvalue weighted by Gasteiger charge is -2.16. The van der Waals surface area contributed by atoms with E-state index in [1.807, 2.05) is 0 Å². The topological polar surface area (TPSA) is 101 Å². The fraction of sp³-hybridized carbons (Fsp3) is 0.571. The molecular weight excluding hydrogens is 180 g/mol. The van der Waals surface area contributed by atoms with Gasteiger partial charge in [-0.05, 0) is 0 Å². The quantitative estimate of drug-likeness (QED) is 0.403. The van der Waals surface area contributed by atoms with Crippen LogP contribution >= 0.6 is 0 Å². The molecule has 0 radical (unpaired) electrons. The maximum absolute atomic E-state index is 10.4. The van der Waals surface area contributed by atoms with Crippen molar-refractivity contribution in [2.75, 3.05) is 0 Å². The minimum atomic E-state index is -1.82. The van der Waals surface area contributed by atoms with Crippen molar-refractivity contribution >= 4 is 18.5 Å². The molecule has 0 saturated heterocycles. The highest BCUT2D eigenvalue weighted by Crippen LogP contribution is 2.06. The Kier molecular flexibility index (Phi) is 4.86. The van der Waals surface area contributed by atoms with Crippen LogP contribution in [0.1, 0.15) is 6.92 Å². The summed E-state index contributed by atoms with van der Waals surface area (Å²) < 4.78 is 4.37. The number of aldehydes is 2. The lowest BCUT2D eigenvalue weighted by atomic mass is 10.1. The average molecular weight is 190 g/mol. The third kappa shape index (κ3) is 3.77. The molecule has 0 amide bonds. The molecular formula is C7H10O6. The first kappa shape index (κ1) is 11.7. The monoisotopic (exact) mass is 190 g/mol. The van der Waals surface area contributed by atoms with Gasteiger partial charge in [0, 0.05) is 5.92 Å². The van der Waals surface area contributed by atoms with E-state index < -0.39 is 24.3 Å². The minimum Gasteiger partial charge on any atom is -0.479 e. The fourth-order valence-electron chi connectivity index (χ4n) is 0.661. The lowest BCUT2D eigenvalue weighted by Crippen LogP contribution is -2.36. The first-order valence-electron chi connectivity index (χ1n) is 3.49. The Labute approximate surface area is 74.1 Å². The van der Waals surface area contributed by atoms with Gasteiger partial charge in [0.05, 0.1) is 0 Å². The maximum Gasteiger partial charge on any atom is 0.333 e. The second-order valence-electron chi connectivity index (χ2n) is 2.42. The Morgan fingerprint density at radius 1 is 1.38 bits per heavy atom. The van der Waals surface area contributed by atoms with E-state index in [0.717, 1.165) is 0 Å². The van der Waals surface area contributed by atoms with Crippen LogP contribution < -0.4 is 0 Å². The first-order chi connectivity index (χ1) is 6.02. The van der Waals surface area contributed by atoms with Crippen molar-refractivity contribution in [3.63, 3.8) is 0 Å². The molecule has 3 atom stereocenters. The van der Waals surface area contributed by atoms with Crippen LogP contribution in [-0.4, -0.2) is 41.1 Å². The van der Waals surface area contributed by atoms with Gasteiger partial charge in [-0.15, -0.1) is 0 Å². The van der Waals surface area contributed by atoms with Gasteiger partial charge in [0.1, 0.15) is 6.29 Å². The zero-order valence-electron chi connectivity index (χ0n) is 6.91. The molecule has 0 aliphatic rings. The molecule has 0 heterocycles. The molecule has 0 bridgehead atoms. The van der Waals surface area contributed by atoms with Gasteiger partial charge in [-0.2, -0.15) is 0 Å². The molecule has 0 rings (SSSR count). The summed E-state index contributed by atoms with van der Waals surface area (Å²) in [4.78, 5) is 30.6. The minimum absolute atomic E-state index is 0.0352. The highest BCUT2D eigenvalue weighted by molar-refractivity contribution is 5.77. The van der Waals surface area contributed by atoms with Crippen molar-refractivity contribution < 1.29 is 29.3 Å². The predicted molar refractivity (Wildman–Crippen MR) is 39.8 cm³/mol. The number of aliphatic carboxylic acids is 1. The van der Waals surface area contributed by atoms with Gasteiger partial charge in [-0.3, -0.25) is 4.79 Å². The molecule has 74 valence electrons. The fourth-order valence-corrected chi connectivity index (χ4v) is 0.661. The molecule has 0 fully saturated rings. The molecule has 6 nitrogen and oxygen atoms in total. The smallest absolute Gasteiger partial charge is 0.333 e. The summed E-state index contributed by atoms with van der Waals surface area (Å²) >= 11 is 0. The van der Waals surface area contributed by atoms with Crippen molar-refractivity contribution in [1.82, 2.24) is 0 Å². The summed E-state index contributed by atoms with van der Waals surface area (Å²) in [6.07, 6.45) is -2.91. The van der Waals surface area contributed by atoms with Crippen LogP contribution in [0.15, 0.2) is 0 Å². The number of carboxylic acids is 1. The second-order valence-corrected chi connectivity index (χ2v) is 2.42. The van der Waals surface area contributed by atoms with Gasteiger partial charge >= 0.3 is 5.97 Å². The summed E-state index contributed by atoms with van der Waals surface area (Å²) in [6, 6.07) is 0. The molecule has 0 aliphatic heterocycles. The van der Waals surface area contributed by atoms with Crippen LogP contribution in [0.5, 0.6) is 0 Å². The molecule has 0 spiro atoms. The number of carbonyl (C=O) groups excluding carboxylic acids is 2. The van der Waals surface area contributed by atoms with E-state index in [-0.39, 0.29) is 6.29 Å². The average Bonchev–Trinajstić information content (AvgIpc) is 2.11. The van der Waals surface area contributed by atoms with Gasteiger partial charge in [0.25, 0.3) is 0 Å². The van der Waals surface area contributed by atoms with Crippen LogP contribution in [0.2, 0.25) is 0 Å². The number of rotatable bonds is 6. The van der Waals surface area contributed by atoms with E-state index >= 15 is 0 Å². The van der Waals surface area contributed by atoms with Crippen LogP contribution in [-0.2, 0) is 19.1 Å². The van der Waals surface area contributed by atoms with E-state index in [1.165, 1.54) is 6.92 Å². The molecule has 0 aromatic carbocycles. The highest BCUT2D eigenvalue weighted by Gasteiger charge is 2.27. The molecule has 2 N–H and O–H groups in total. The third-order valence-corrected chi connectivity index (χ3v) is 1.34. The van der Waals surface area contributed by atoms with E-state index in [1.54, 1.807) is 0 Å². The van der Waals surface area contributed by atoms with Crippen molar-refractivity contribution in [2.45, 2.75) is 19.3 Å². The van der Waals surface area contributed by atoms with Gasteiger partial charge in [0.15, 0.2) is 12.4 Å². The summed E-state index contributed by atoms with van der Waals surface area (Å²) in [5.41, 5.74) is 0. The summed E-state index contributed by atoms with van der Waals surface area (Å²) in [6.45, 7) is 1.31.